The van der Waals surface area contributed by atoms with Gasteiger partial charge in [0.2, 0.25) is 0 Å². The molecule has 2 rings (SSSR count). The standard InChI is InChI=1S/C15H13NO4/c16-14-10(8-13(18)19)2-1-3-12(14)15(20)9-4-6-11(17)7-5-9/h1-7,17H,8,16H2,(H,18,19). The molecule has 2 aromatic carbocycles. The Balaban J connectivity index is 2.39. The van der Waals surface area contributed by atoms with Crippen molar-refractivity contribution in [3.63, 3.8) is 0 Å². The van der Waals surface area contributed by atoms with Crippen LogP contribution in [-0.4, -0.2) is 22.0 Å². The minimum Gasteiger partial charge on any atom is -0.508 e. The van der Waals surface area contributed by atoms with Gasteiger partial charge in [-0.15, -0.1) is 0 Å². The van der Waals surface area contributed by atoms with E-state index in [9.17, 15) is 14.7 Å². The molecule has 0 aliphatic carbocycles. The number of hydrogen-bond acceptors (Lipinski definition) is 4. The molecule has 0 saturated carbocycles. The largest absolute Gasteiger partial charge is 0.508 e. The van der Waals surface area contributed by atoms with Gasteiger partial charge in [-0.1, -0.05) is 12.1 Å². The molecule has 0 unspecified atom stereocenters. The number of phenols is 1. The quantitative estimate of drug-likeness (QED) is 0.581. The van der Waals surface area contributed by atoms with Crippen LogP contribution in [0.2, 0.25) is 0 Å². The predicted molar refractivity (Wildman–Crippen MR) is 73.7 cm³/mol. The minimum absolute atomic E-state index is 0.0640. The molecule has 0 fully saturated rings. The normalized spacial score (nSPS) is 10.2. The second kappa shape index (κ2) is 5.44. The van der Waals surface area contributed by atoms with Crippen molar-refractivity contribution in [1.82, 2.24) is 0 Å². The highest BCUT2D eigenvalue weighted by Crippen LogP contribution is 2.22. The number of ketones is 1. The average molecular weight is 271 g/mol. The molecule has 0 aromatic heterocycles. The fourth-order valence-electron chi connectivity index (χ4n) is 1.90. The fourth-order valence-corrected chi connectivity index (χ4v) is 1.90. The van der Waals surface area contributed by atoms with Crippen LogP contribution in [0.15, 0.2) is 42.5 Å². The molecule has 0 saturated heterocycles. The molecule has 5 heteroatoms. The van der Waals surface area contributed by atoms with Crippen LogP contribution in [0.1, 0.15) is 21.5 Å². The number of carbonyl (C=O) groups is 2. The van der Waals surface area contributed by atoms with Gasteiger partial charge in [0.15, 0.2) is 5.78 Å². The van der Waals surface area contributed by atoms with E-state index in [2.05, 4.69) is 0 Å². The molecule has 0 radical (unpaired) electrons. The number of anilines is 1. The van der Waals surface area contributed by atoms with Crippen molar-refractivity contribution in [2.45, 2.75) is 6.42 Å². The molecule has 0 aliphatic rings. The molecule has 0 amide bonds. The van der Waals surface area contributed by atoms with Crippen LogP contribution in [0.3, 0.4) is 0 Å². The number of benzene rings is 2. The van der Waals surface area contributed by atoms with Crippen molar-refractivity contribution in [2.24, 2.45) is 0 Å². The van der Waals surface area contributed by atoms with Crippen molar-refractivity contribution >= 4 is 17.4 Å². The summed E-state index contributed by atoms with van der Waals surface area (Å²) in [5, 5.41) is 18.0. The monoisotopic (exact) mass is 271 g/mol. The Kier molecular flexibility index (Phi) is 3.70. The Labute approximate surface area is 115 Å². The van der Waals surface area contributed by atoms with Crippen molar-refractivity contribution < 1.29 is 19.8 Å². The van der Waals surface area contributed by atoms with Crippen molar-refractivity contribution in [2.75, 3.05) is 5.73 Å². The van der Waals surface area contributed by atoms with E-state index in [0.717, 1.165) is 0 Å². The first-order valence-corrected chi connectivity index (χ1v) is 5.92. The number of carboxylic acid groups (broad SMARTS) is 1. The Bertz CT molecular complexity index is 662. The van der Waals surface area contributed by atoms with Gasteiger partial charge < -0.3 is 15.9 Å². The van der Waals surface area contributed by atoms with Crippen molar-refractivity contribution in [3.8, 4) is 5.75 Å². The lowest BCUT2D eigenvalue weighted by molar-refractivity contribution is -0.136. The van der Waals surface area contributed by atoms with E-state index in [-0.39, 0.29) is 29.2 Å². The number of rotatable bonds is 4. The van der Waals surface area contributed by atoms with Gasteiger partial charge in [-0.3, -0.25) is 9.59 Å². The van der Waals surface area contributed by atoms with Crippen LogP contribution < -0.4 is 5.73 Å². The molecule has 4 N–H and O–H groups in total. The highest BCUT2D eigenvalue weighted by molar-refractivity contribution is 6.12. The number of nitrogen functional groups attached to an aromatic ring is 1. The molecule has 0 spiro atoms. The Hall–Kier alpha value is -2.82. The summed E-state index contributed by atoms with van der Waals surface area (Å²) in [5.41, 5.74) is 7.08. The number of carboxylic acids is 1. The first kappa shape index (κ1) is 13.6. The topological polar surface area (TPSA) is 101 Å². The average Bonchev–Trinajstić information content (AvgIpc) is 2.41. The van der Waals surface area contributed by atoms with Crippen LogP contribution in [0, 0.1) is 0 Å². The third-order valence-corrected chi connectivity index (χ3v) is 2.91. The summed E-state index contributed by atoms with van der Waals surface area (Å²) in [5.74, 6) is -1.25. The van der Waals surface area contributed by atoms with Crippen LogP contribution in [0.4, 0.5) is 5.69 Å². The highest BCUT2D eigenvalue weighted by Gasteiger charge is 2.15. The number of hydrogen-bond donors (Lipinski definition) is 3. The Morgan fingerprint density at radius 2 is 1.70 bits per heavy atom. The molecule has 102 valence electrons. The number of phenolic OH excluding ortho intramolecular Hbond substituents is 1. The second-order valence-electron chi connectivity index (χ2n) is 4.32. The number of para-hydroxylation sites is 1. The van der Waals surface area contributed by atoms with E-state index in [0.29, 0.717) is 11.1 Å². The third-order valence-electron chi connectivity index (χ3n) is 2.91. The lowest BCUT2D eigenvalue weighted by Crippen LogP contribution is -2.10. The smallest absolute Gasteiger partial charge is 0.307 e. The van der Waals surface area contributed by atoms with E-state index in [1.165, 1.54) is 24.3 Å². The predicted octanol–water partition coefficient (Wildman–Crippen LogP) is 1.83. The lowest BCUT2D eigenvalue weighted by atomic mass is 9.98. The molecule has 0 aliphatic heterocycles. The van der Waals surface area contributed by atoms with Gasteiger partial charge >= 0.3 is 5.97 Å². The van der Waals surface area contributed by atoms with Gasteiger partial charge in [0.1, 0.15) is 5.75 Å². The number of aromatic hydroxyl groups is 1. The van der Waals surface area contributed by atoms with Crippen LogP contribution in [0.5, 0.6) is 5.75 Å². The van der Waals surface area contributed by atoms with Gasteiger partial charge in [0, 0.05) is 16.8 Å². The van der Waals surface area contributed by atoms with Gasteiger partial charge in [0.05, 0.1) is 6.42 Å². The molecule has 5 nitrogen and oxygen atoms in total. The first-order valence-electron chi connectivity index (χ1n) is 5.92. The van der Waals surface area contributed by atoms with E-state index < -0.39 is 5.97 Å². The summed E-state index contributed by atoms with van der Waals surface area (Å²) >= 11 is 0. The first-order chi connectivity index (χ1) is 9.49. The Morgan fingerprint density at radius 1 is 1.05 bits per heavy atom. The minimum atomic E-state index is -1.01. The van der Waals surface area contributed by atoms with E-state index in [4.69, 9.17) is 10.8 Å². The molecule has 0 bridgehead atoms. The van der Waals surface area contributed by atoms with Crippen molar-refractivity contribution in [3.05, 3.63) is 59.2 Å². The number of nitrogens with two attached hydrogens (primary N) is 1. The summed E-state index contributed by atoms with van der Waals surface area (Å²) in [6, 6.07) is 10.5. The molecule has 0 atom stereocenters. The maximum Gasteiger partial charge on any atom is 0.307 e. The summed E-state index contributed by atoms with van der Waals surface area (Å²) in [7, 11) is 0. The summed E-state index contributed by atoms with van der Waals surface area (Å²) in [4.78, 5) is 23.0. The van der Waals surface area contributed by atoms with Crippen LogP contribution >= 0.6 is 0 Å². The third kappa shape index (κ3) is 2.77. The Morgan fingerprint density at radius 3 is 2.30 bits per heavy atom. The van der Waals surface area contributed by atoms with Crippen molar-refractivity contribution in [1.29, 1.82) is 0 Å². The second-order valence-corrected chi connectivity index (χ2v) is 4.32. The maximum atomic E-state index is 12.3. The van der Waals surface area contributed by atoms with E-state index >= 15 is 0 Å². The zero-order valence-electron chi connectivity index (χ0n) is 10.5. The number of carbonyl (C=O) groups excluding carboxylic acids is 1. The molecule has 20 heavy (non-hydrogen) atoms. The highest BCUT2D eigenvalue weighted by atomic mass is 16.4. The maximum absolute atomic E-state index is 12.3. The number of aliphatic carboxylic acids is 1. The van der Waals surface area contributed by atoms with Crippen LogP contribution in [-0.2, 0) is 11.2 Å². The van der Waals surface area contributed by atoms with Gasteiger partial charge in [0.25, 0.3) is 0 Å². The fraction of sp³-hybridized carbons (Fsp3) is 0.0667. The van der Waals surface area contributed by atoms with Crippen LogP contribution in [0.25, 0.3) is 0 Å². The van der Waals surface area contributed by atoms with Gasteiger partial charge in [-0.2, -0.15) is 0 Å². The summed E-state index contributed by atoms with van der Waals surface area (Å²) in [6.07, 6.45) is -0.234. The molecular weight excluding hydrogens is 258 g/mol. The zero-order valence-corrected chi connectivity index (χ0v) is 10.5. The molecule has 2 aromatic rings. The van der Waals surface area contributed by atoms with E-state index in [1.54, 1.807) is 18.2 Å². The van der Waals surface area contributed by atoms with E-state index in [1.807, 2.05) is 0 Å². The summed E-state index contributed by atoms with van der Waals surface area (Å²) < 4.78 is 0. The summed E-state index contributed by atoms with van der Waals surface area (Å²) in [6.45, 7) is 0. The zero-order chi connectivity index (χ0) is 14.7. The van der Waals surface area contributed by atoms with Gasteiger partial charge in [-0.25, -0.2) is 0 Å². The SMILES string of the molecule is Nc1c(CC(=O)O)cccc1C(=O)c1ccc(O)cc1. The lowest BCUT2D eigenvalue weighted by Gasteiger charge is -2.09. The molecule has 0 heterocycles. The van der Waals surface area contributed by atoms with Gasteiger partial charge in [-0.05, 0) is 35.9 Å². The molecular formula is C15H13NO4.